The summed E-state index contributed by atoms with van der Waals surface area (Å²) in [5.41, 5.74) is 1.73. The van der Waals surface area contributed by atoms with Crippen LogP contribution in [0.15, 0.2) is 46.9 Å². The first-order valence-corrected chi connectivity index (χ1v) is 10.8. The van der Waals surface area contributed by atoms with Crippen LogP contribution < -0.4 is 0 Å². The molecule has 2 heterocycles. The topological polar surface area (TPSA) is 53.0 Å². The van der Waals surface area contributed by atoms with Crippen molar-refractivity contribution in [2.75, 3.05) is 13.6 Å². The fraction of sp³-hybridized carbons (Fsp3) is 0.409. The fourth-order valence-electron chi connectivity index (χ4n) is 3.23. The second kappa shape index (κ2) is 8.67. The van der Waals surface area contributed by atoms with E-state index in [1.807, 2.05) is 62.5 Å². The molecule has 2 aromatic rings. The average Bonchev–Trinajstić information content (AvgIpc) is 3.30. The molecule has 1 aliphatic heterocycles. The maximum Gasteiger partial charge on any atom is 0.262 e. The molecule has 0 bridgehead atoms. The lowest BCUT2D eigenvalue weighted by molar-refractivity contribution is -0.141. The van der Waals surface area contributed by atoms with E-state index in [2.05, 4.69) is 5.10 Å². The molecule has 0 aliphatic carbocycles. The minimum atomic E-state index is -0.206. The molecule has 1 atom stereocenters. The quantitative estimate of drug-likeness (QED) is 0.670. The Morgan fingerprint density at radius 3 is 2.52 bits per heavy atom. The van der Waals surface area contributed by atoms with Gasteiger partial charge in [-0.05, 0) is 34.6 Å². The average molecular weight is 432 g/mol. The van der Waals surface area contributed by atoms with Crippen LogP contribution in [0.2, 0.25) is 5.02 Å². The van der Waals surface area contributed by atoms with Crippen LogP contribution in [0.25, 0.3) is 0 Å². The molecule has 7 heteroatoms. The van der Waals surface area contributed by atoms with Crippen molar-refractivity contribution in [3.63, 3.8) is 0 Å². The fourth-order valence-corrected chi connectivity index (χ4v) is 4.08. The van der Waals surface area contributed by atoms with Gasteiger partial charge >= 0.3 is 0 Å². The molecule has 5 nitrogen and oxygen atoms in total. The molecule has 29 heavy (non-hydrogen) atoms. The molecule has 0 unspecified atom stereocenters. The molecule has 1 aliphatic rings. The van der Waals surface area contributed by atoms with Crippen LogP contribution in [0.4, 0.5) is 0 Å². The number of hydrogen-bond acceptors (Lipinski definition) is 4. The molecule has 3 rings (SSSR count). The molecule has 154 valence electrons. The van der Waals surface area contributed by atoms with Gasteiger partial charge in [0.1, 0.15) is 6.54 Å². The molecule has 0 N–H and O–H groups in total. The smallest absolute Gasteiger partial charge is 0.262 e. The summed E-state index contributed by atoms with van der Waals surface area (Å²) in [6.45, 7) is 6.03. The highest BCUT2D eigenvalue weighted by Gasteiger charge is 2.34. The zero-order valence-corrected chi connectivity index (χ0v) is 18.8. The van der Waals surface area contributed by atoms with Gasteiger partial charge in [-0.3, -0.25) is 9.59 Å². The monoisotopic (exact) mass is 431 g/mol. The van der Waals surface area contributed by atoms with Crippen LogP contribution >= 0.6 is 22.9 Å². The van der Waals surface area contributed by atoms with Gasteiger partial charge in [-0.2, -0.15) is 5.10 Å². The summed E-state index contributed by atoms with van der Waals surface area (Å²) in [5, 5.41) is 8.81. The van der Waals surface area contributed by atoms with Crippen molar-refractivity contribution in [3.8, 4) is 0 Å². The maximum atomic E-state index is 13.1. The summed E-state index contributed by atoms with van der Waals surface area (Å²) < 4.78 is 0. The predicted octanol–water partition coefficient (Wildman–Crippen LogP) is 4.97. The van der Waals surface area contributed by atoms with Crippen molar-refractivity contribution in [2.45, 2.75) is 39.7 Å². The molecule has 1 aromatic heterocycles. The van der Waals surface area contributed by atoms with Gasteiger partial charge in [-0.1, -0.05) is 50.6 Å². The van der Waals surface area contributed by atoms with Crippen LogP contribution in [0.5, 0.6) is 0 Å². The Kier molecular flexibility index (Phi) is 6.44. The van der Waals surface area contributed by atoms with Crippen LogP contribution in [-0.2, 0) is 9.59 Å². The number of amides is 2. The highest BCUT2D eigenvalue weighted by molar-refractivity contribution is 7.12. The summed E-state index contributed by atoms with van der Waals surface area (Å²) in [5.74, 6) is -0.239. The number of hydrogen-bond donors (Lipinski definition) is 0. The van der Waals surface area contributed by atoms with Gasteiger partial charge in [0.05, 0.1) is 16.6 Å². The number of halogens is 1. The predicted molar refractivity (Wildman–Crippen MR) is 118 cm³/mol. The zero-order chi connectivity index (χ0) is 21.2. The first kappa shape index (κ1) is 21.5. The summed E-state index contributed by atoms with van der Waals surface area (Å²) in [7, 11) is 1.67. The van der Waals surface area contributed by atoms with Gasteiger partial charge in [0.2, 0.25) is 5.91 Å². The molecule has 0 saturated heterocycles. The van der Waals surface area contributed by atoms with E-state index in [0.29, 0.717) is 17.9 Å². The lowest BCUT2D eigenvalue weighted by atomic mass is 9.92. The number of rotatable bonds is 5. The lowest BCUT2D eigenvalue weighted by Gasteiger charge is -2.26. The Labute approximate surface area is 181 Å². The Bertz CT molecular complexity index is 901. The van der Waals surface area contributed by atoms with Gasteiger partial charge < -0.3 is 4.90 Å². The van der Waals surface area contributed by atoms with Gasteiger partial charge in [-0.15, -0.1) is 11.3 Å². The van der Waals surface area contributed by atoms with Crippen LogP contribution in [0, 0.1) is 5.41 Å². The molecule has 2 amide bonds. The summed E-state index contributed by atoms with van der Waals surface area (Å²) >= 11 is 7.64. The minimum absolute atomic E-state index is 0.000222. The Morgan fingerprint density at radius 1 is 1.24 bits per heavy atom. The molecule has 0 radical (unpaired) electrons. The zero-order valence-electron chi connectivity index (χ0n) is 17.2. The SMILES string of the molecule is CN(CC(=O)N1N=C(c2cccs2)C[C@H]1c1ccc(Cl)cc1)C(=O)CC(C)(C)C. The summed E-state index contributed by atoms with van der Waals surface area (Å²) in [4.78, 5) is 28.1. The second-order valence-corrected chi connectivity index (χ2v) is 9.91. The minimum Gasteiger partial charge on any atom is -0.336 e. The van der Waals surface area contributed by atoms with Gasteiger partial charge in [-0.25, -0.2) is 5.01 Å². The normalized spacial score (nSPS) is 16.7. The van der Waals surface area contributed by atoms with Crippen LogP contribution in [-0.4, -0.2) is 41.0 Å². The van der Waals surface area contributed by atoms with E-state index in [1.165, 1.54) is 9.91 Å². The Morgan fingerprint density at radius 2 is 1.93 bits per heavy atom. The van der Waals surface area contributed by atoms with E-state index in [4.69, 9.17) is 11.6 Å². The standard InChI is InChI=1S/C22H26ClN3O2S/c1-22(2,3)13-20(27)25(4)14-21(28)26-18(15-7-9-16(23)10-8-15)12-17(24-26)19-6-5-11-29-19/h5-11,18H,12-14H2,1-4H3/t18-/m0/s1. The van der Waals surface area contributed by atoms with E-state index >= 15 is 0 Å². The number of carbonyl (C=O) groups excluding carboxylic acids is 2. The largest absolute Gasteiger partial charge is 0.336 e. The molecule has 0 spiro atoms. The summed E-state index contributed by atoms with van der Waals surface area (Å²) in [6, 6.07) is 11.3. The van der Waals surface area contributed by atoms with E-state index in [0.717, 1.165) is 16.2 Å². The highest BCUT2D eigenvalue weighted by atomic mass is 35.5. The third-order valence-electron chi connectivity index (χ3n) is 4.71. The van der Waals surface area contributed by atoms with E-state index < -0.39 is 0 Å². The van der Waals surface area contributed by atoms with Crippen molar-refractivity contribution in [1.29, 1.82) is 0 Å². The molecule has 1 aromatic carbocycles. The Balaban J connectivity index is 1.80. The lowest BCUT2D eigenvalue weighted by Crippen LogP contribution is -2.40. The molecular weight excluding hydrogens is 406 g/mol. The number of likely N-dealkylation sites (N-methyl/N-ethyl adjacent to an activating group) is 1. The van der Waals surface area contributed by atoms with E-state index in [-0.39, 0.29) is 29.8 Å². The van der Waals surface area contributed by atoms with Crippen molar-refractivity contribution >= 4 is 40.5 Å². The van der Waals surface area contributed by atoms with E-state index in [9.17, 15) is 9.59 Å². The van der Waals surface area contributed by atoms with Crippen LogP contribution in [0.3, 0.4) is 0 Å². The second-order valence-electron chi connectivity index (χ2n) is 8.52. The molecular formula is C22H26ClN3O2S. The van der Waals surface area contributed by atoms with Crippen molar-refractivity contribution in [1.82, 2.24) is 9.91 Å². The van der Waals surface area contributed by atoms with Crippen LogP contribution in [0.1, 0.15) is 50.1 Å². The van der Waals surface area contributed by atoms with Gasteiger partial charge in [0.25, 0.3) is 5.91 Å². The molecule has 0 fully saturated rings. The number of nitrogens with zero attached hydrogens (tertiary/aromatic N) is 3. The first-order chi connectivity index (χ1) is 13.6. The highest BCUT2D eigenvalue weighted by Crippen LogP contribution is 2.34. The van der Waals surface area contributed by atoms with Gasteiger partial charge in [0.15, 0.2) is 0 Å². The number of carbonyl (C=O) groups is 2. The third-order valence-corrected chi connectivity index (χ3v) is 5.88. The van der Waals surface area contributed by atoms with Crippen molar-refractivity contribution in [3.05, 3.63) is 57.2 Å². The van der Waals surface area contributed by atoms with Crippen molar-refractivity contribution in [2.24, 2.45) is 10.5 Å². The number of benzene rings is 1. The van der Waals surface area contributed by atoms with Gasteiger partial charge in [0, 0.05) is 24.9 Å². The third kappa shape index (κ3) is 5.46. The van der Waals surface area contributed by atoms with Crippen molar-refractivity contribution < 1.29 is 9.59 Å². The Hall–Kier alpha value is -2.18. The number of hydrazone groups is 1. The maximum absolute atomic E-state index is 13.1. The molecule has 0 saturated carbocycles. The summed E-state index contributed by atoms with van der Waals surface area (Å²) in [6.07, 6.45) is 1.02. The first-order valence-electron chi connectivity index (χ1n) is 9.57. The number of thiophene rings is 1. The van der Waals surface area contributed by atoms with E-state index in [1.54, 1.807) is 18.4 Å².